The smallest absolute Gasteiger partial charge is 0.335 e. The van der Waals surface area contributed by atoms with E-state index in [2.05, 4.69) is 22.5 Å². The number of carboxylic acid groups (broad SMARTS) is 1. The Hall–Kier alpha value is -2.48. The number of amides is 2. The number of urea groups is 1. The van der Waals surface area contributed by atoms with Crippen LogP contribution in [0.5, 0.6) is 0 Å². The van der Waals surface area contributed by atoms with Gasteiger partial charge in [0.25, 0.3) is 0 Å². The van der Waals surface area contributed by atoms with E-state index < -0.39 is 5.97 Å². The Balaban J connectivity index is 2.29. The Morgan fingerprint density at radius 1 is 1.25 bits per heavy atom. The summed E-state index contributed by atoms with van der Waals surface area (Å²) in [7, 11) is 0. The molecule has 0 unspecified atom stereocenters. The number of aromatic carboxylic acids is 1. The normalized spacial score (nSPS) is 9.25. The Morgan fingerprint density at radius 3 is 2.70 bits per heavy atom. The van der Waals surface area contributed by atoms with Gasteiger partial charge in [-0.05, 0) is 31.0 Å². The lowest BCUT2D eigenvalue weighted by molar-refractivity contribution is 0.0696. The standard InChI is InChI=1S/C15H18N2O3/c1-2-3-4-9-16-15(20)17-10-8-12-6-5-7-13(11-12)14(18)19/h5-7,11H,4,8-10H2,1H3,(H,18,19)(H2,16,17,20). The number of carbonyl (C=O) groups excluding carboxylic acids is 1. The van der Waals surface area contributed by atoms with Crippen LogP contribution < -0.4 is 10.6 Å². The van der Waals surface area contributed by atoms with E-state index >= 15 is 0 Å². The van der Waals surface area contributed by atoms with E-state index in [1.54, 1.807) is 25.1 Å². The van der Waals surface area contributed by atoms with Gasteiger partial charge >= 0.3 is 12.0 Å². The van der Waals surface area contributed by atoms with Crippen molar-refractivity contribution in [1.29, 1.82) is 0 Å². The second kappa shape index (κ2) is 8.59. The zero-order valence-corrected chi connectivity index (χ0v) is 11.4. The molecule has 0 spiro atoms. The van der Waals surface area contributed by atoms with Gasteiger partial charge in [0.1, 0.15) is 0 Å². The summed E-state index contributed by atoms with van der Waals surface area (Å²) in [5.41, 5.74) is 1.13. The predicted molar refractivity (Wildman–Crippen MR) is 76.6 cm³/mol. The molecule has 0 aromatic heterocycles. The molecule has 0 radical (unpaired) electrons. The highest BCUT2D eigenvalue weighted by Gasteiger charge is 2.03. The van der Waals surface area contributed by atoms with Crippen LogP contribution in [0.4, 0.5) is 4.79 Å². The lowest BCUT2D eigenvalue weighted by Gasteiger charge is -2.07. The molecule has 1 rings (SSSR count). The van der Waals surface area contributed by atoms with E-state index in [1.807, 2.05) is 6.07 Å². The first-order chi connectivity index (χ1) is 9.63. The highest BCUT2D eigenvalue weighted by molar-refractivity contribution is 5.87. The van der Waals surface area contributed by atoms with Gasteiger partial charge in [0.2, 0.25) is 0 Å². The fraction of sp³-hybridized carbons (Fsp3) is 0.333. The van der Waals surface area contributed by atoms with E-state index in [0.29, 0.717) is 25.9 Å². The van der Waals surface area contributed by atoms with Crippen LogP contribution in [0.2, 0.25) is 0 Å². The third-order valence-electron chi connectivity index (χ3n) is 2.59. The number of carboxylic acids is 1. The Morgan fingerprint density at radius 2 is 2.00 bits per heavy atom. The van der Waals surface area contributed by atoms with Crippen LogP contribution in [0.15, 0.2) is 24.3 Å². The highest BCUT2D eigenvalue weighted by Crippen LogP contribution is 2.05. The number of rotatable bonds is 6. The largest absolute Gasteiger partial charge is 0.478 e. The van der Waals surface area contributed by atoms with E-state index in [0.717, 1.165) is 5.56 Å². The van der Waals surface area contributed by atoms with Gasteiger partial charge in [-0.25, -0.2) is 9.59 Å². The molecule has 1 aromatic rings. The maximum Gasteiger partial charge on any atom is 0.335 e. The number of nitrogens with one attached hydrogen (secondary N) is 2. The zero-order chi connectivity index (χ0) is 14.8. The van der Waals surface area contributed by atoms with E-state index in [1.165, 1.54) is 0 Å². The molecule has 0 aliphatic heterocycles. The molecule has 1 aromatic carbocycles. The first kappa shape index (κ1) is 15.6. The average molecular weight is 274 g/mol. The molecule has 106 valence electrons. The van der Waals surface area contributed by atoms with Crippen LogP contribution in [-0.4, -0.2) is 30.2 Å². The summed E-state index contributed by atoms with van der Waals surface area (Å²) < 4.78 is 0. The van der Waals surface area contributed by atoms with Gasteiger partial charge in [0, 0.05) is 19.5 Å². The van der Waals surface area contributed by atoms with Gasteiger partial charge in [-0.15, -0.1) is 11.8 Å². The summed E-state index contributed by atoms with van der Waals surface area (Å²) >= 11 is 0. The first-order valence-corrected chi connectivity index (χ1v) is 6.37. The molecule has 5 nitrogen and oxygen atoms in total. The molecule has 0 bridgehead atoms. The van der Waals surface area contributed by atoms with Crippen molar-refractivity contribution in [1.82, 2.24) is 10.6 Å². The fourth-order valence-corrected chi connectivity index (χ4v) is 1.61. The SMILES string of the molecule is CC#CCCNC(=O)NCCc1cccc(C(=O)O)c1. The van der Waals surface area contributed by atoms with Gasteiger partial charge in [-0.1, -0.05) is 12.1 Å². The van der Waals surface area contributed by atoms with E-state index in [4.69, 9.17) is 5.11 Å². The minimum atomic E-state index is -0.949. The number of benzene rings is 1. The molecule has 3 N–H and O–H groups in total. The minimum Gasteiger partial charge on any atom is -0.478 e. The molecular formula is C15H18N2O3. The minimum absolute atomic E-state index is 0.239. The van der Waals surface area contributed by atoms with Gasteiger partial charge in [-0.2, -0.15) is 0 Å². The Labute approximate surface area is 118 Å². The van der Waals surface area contributed by atoms with Crippen molar-refractivity contribution in [3.05, 3.63) is 35.4 Å². The molecule has 5 heteroatoms. The summed E-state index contributed by atoms with van der Waals surface area (Å²) in [6.45, 7) is 2.72. The molecule has 0 heterocycles. The van der Waals surface area contributed by atoms with Crippen molar-refractivity contribution in [3.63, 3.8) is 0 Å². The van der Waals surface area contributed by atoms with Crippen LogP contribution in [0.3, 0.4) is 0 Å². The van der Waals surface area contributed by atoms with Gasteiger partial charge in [0.05, 0.1) is 5.56 Å². The second-order valence-corrected chi connectivity index (χ2v) is 4.11. The first-order valence-electron chi connectivity index (χ1n) is 6.37. The van der Waals surface area contributed by atoms with Crippen molar-refractivity contribution < 1.29 is 14.7 Å². The number of hydrogen-bond donors (Lipinski definition) is 3. The van der Waals surface area contributed by atoms with Crippen LogP contribution in [0.1, 0.15) is 29.3 Å². The third-order valence-corrected chi connectivity index (χ3v) is 2.59. The second-order valence-electron chi connectivity index (χ2n) is 4.11. The lowest BCUT2D eigenvalue weighted by Crippen LogP contribution is -2.37. The summed E-state index contributed by atoms with van der Waals surface area (Å²) in [4.78, 5) is 22.2. The molecule has 0 aliphatic carbocycles. The molecule has 0 saturated carbocycles. The Kier molecular flexibility index (Phi) is 6.69. The van der Waals surface area contributed by atoms with Crippen molar-refractivity contribution in [2.24, 2.45) is 0 Å². The highest BCUT2D eigenvalue weighted by atomic mass is 16.4. The fourth-order valence-electron chi connectivity index (χ4n) is 1.61. The number of carbonyl (C=O) groups is 2. The van der Waals surface area contributed by atoms with Crippen LogP contribution >= 0.6 is 0 Å². The van der Waals surface area contributed by atoms with Crippen LogP contribution in [0.25, 0.3) is 0 Å². The zero-order valence-electron chi connectivity index (χ0n) is 11.4. The molecule has 0 saturated heterocycles. The topological polar surface area (TPSA) is 78.4 Å². The summed E-state index contributed by atoms with van der Waals surface area (Å²) in [5.74, 6) is 4.66. The van der Waals surface area contributed by atoms with E-state index in [9.17, 15) is 9.59 Å². The third kappa shape index (κ3) is 5.91. The molecule has 0 aliphatic rings. The monoisotopic (exact) mass is 274 g/mol. The van der Waals surface area contributed by atoms with Gasteiger partial charge in [-0.3, -0.25) is 0 Å². The van der Waals surface area contributed by atoms with Crippen LogP contribution in [-0.2, 0) is 6.42 Å². The van der Waals surface area contributed by atoms with Crippen LogP contribution in [0, 0.1) is 11.8 Å². The molecule has 0 fully saturated rings. The number of hydrogen-bond acceptors (Lipinski definition) is 2. The quantitative estimate of drug-likeness (QED) is 0.545. The van der Waals surface area contributed by atoms with Crippen molar-refractivity contribution >= 4 is 12.0 Å². The van der Waals surface area contributed by atoms with E-state index in [-0.39, 0.29) is 11.6 Å². The molecule has 20 heavy (non-hydrogen) atoms. The summed E-state index contributed by atoms with van der Waals surface area (Å²) in [5, 5.41) is 14.3. The summed E-state index contributed by atoms with van der Waals surface area (Å²) in [6, 6.07) is 6.45. The lowest BCUT2D eigenvalue weighted by atomic mass is 10.1. The van der Waals surface area contributed by atoms with Crippen molar-refractivity contribution in [3.8, 4) is 11.8 Å². The molecule has 2 amide bonds. The van der Waals surface area contributed by atoms with Gasteiger partial charge < -0.3 is 15.7 Å². The van der Waals surface area contributed by atoms with Crippen molar-refractivity contribution in [2.45, 2.75) is 19.8 Å². The molecule has 0 atom stereocenters. The maximum absolute atomic E-state index is 11.4. The van der Waals surface area contributed by atoms with Gasteiger partial charge in [0.15, 0.2) is 0 Å². The molecular weight excluding hydrogens is 256 g/mol. The maximum atomic E-state index is 11.4. The average Bonchev–Trinajstić information content (AvgIpc) is 2.44. The predicted octanol–water partition coefficient (Wildman–Crippen LogP) is 1.64. The van der Waals surface area contributed by atoms with Crippen molar-refractivity contribution in [2.75, 3.05) is 13.1 Å². The summed E-state index contributed by atoms with van der Waals surface area (Å²) in [6.07, 6.45) is 1.22. The Bertz CT molecular complexity index is 529.